The Bertz CT molecular complexity index is 1590. The van der Waals surface area contributed by atoms with Crippen LogP contribution in [0.15, 0.2) is 96.1 Å². The molecule has 2 atom stereocenters. The minimum atomic E-state index is 0.555. The highest BCUT2D eigenvalue weighted by Crippen LogP contribution is 2.48. The summed E-state index contributed by atoms with van der Waals surface area (Å²) in [4.78, 5) is 0. The highest BCUT2D eigenvalue weighted by molar-refractivity contribution is 6.36. The Morgan fingerprint density at radius 1 is 0.532 bits per heavy atom. The van der Waals surface area contributed by atoms with Crippen molar-refractivity contribution in [3.05, 3.63) is 129 Å². The maximum Gasteiger partial charge on any atom is 0.0397 e. The summed E-state index contributed by atoms with van der Waals surface area (Å²) in [5.41, 5.74) is 17.8. The lowest BCUT2D eigenvalue weighted by atomic mass is 9.91. The van der Waals surface area contributed by atoms with Crippen LogP contribution in [-0.2, 0) is 0 Å². The van der Waals surface area contributed by atoms with Crippen LogP contribution in [-0.4, -0.2) is 9.52 Å². The fourth-order valence-corrected chi connectivity index (χ4v) is 9.48. The smallest absolute Gasteiger partial charge is 0.0397 e. The van der Waals surface area contributed by atoms with Crippen LogP contribution >= 0.6 is 0 Å². The van der Waals surface area contributed by atoms with Crippen molar-refractivity contribution in [2.45, 2.75) is 116 Å². The molecule has 0 heterocycles. The van der Waals surface area contributed by atoms with Crippen molar-refractivity contribution < 1.29 is 0 Å². The van der Waals surface area contributed by atoms with Gasteiger partial charge in [-0.25, -0.2) is 0 Å². The Hall–Kier alpha value is -3.42. The predicted octanol–water partition coefficient (Wildman–Crippen LogP) is 13.8. The molecule has 0 saturated heterocycles. The van der Waals surface area contributed by atoms with E-state index < -0.39 is 0 Å². The Morgan fingerprint density at radius 3 is 1.30 bits per heavy atom. The molecule has 0 nitrogen and oxygen atoms in total. The second-order valence-corrected chi connectivity index (χ2v) is 15.9. The first kappa shape index (κ1) is 33.5. The lowest BCUT2D eigenvalue weighted by Crippen LogP contribution is -2.08. The van der Waals surface area contributed by atoms with Gasteiger partial charge in [-0.3, -0.25) is 0 Å². The summed E-state index contributed by atoms with van der Waals surface area (Å²) in [6.45, 7) is 13.8. The summed E-state index contributed by atoms with van der Waals surface area (Å²) in [7, 11) is 0.942. The van der Waals surface area contributed by atoms with Gasteiger partial charge >= 0.3 is 0 Å². The number of benzene rings is 4. The number of rotatable bonds is 14. The molecule has 0 saturated carbocycles. The molecular formula is C46H54Si. The molecule has 4 aromatic carbocycles. The predicted molar refractivity (Wildman–Crippen MR) is 208 cm³/mol. The third-order valence-corrected chi connectivity index (χ3v) is 12.1. The quantitative estimate of drug-likeness (QED) is 0.121. The molecule has 0 aliphatic heterocycles. The molecule has 0 amide bonds. The Morgan fingerprint density at radius 2 is 0.936 bits per heavy atom. The minimum absolute atomic E-state index is 0.555. The van der Waals surface area contributed by atoms with Gasteiger partial charge in [0, 0.05) is 21.4 Å². The van der Waals surface area contributed by atoms with E-state index in [0.29, 0.717) is 23.7 Å². The molecule has 1 heteroatoms. The molecule has 0 fully saturated rings. The largest absolute Gasteiger partial charge is 0.0654 e. The van der Waals surface area contributed by atoms with Crippen molar-refractivity contribution in [2.24, 2.45) is 0 Å². The zero-order chi connectivity index (χ0) is 32.9. The fraction of sp³-hybridized carbons (Fsp3) is 0.391. The molecular weight excluding hydrogens is 581 g/mol. The van der Waals surface area contributed by atoms with Gasteiger partial charge in [-0.05, 0) is 93.2 Å². The van der Waals surface area contributed by atoms with Gasteiger partial charge in [0.25, 0.3) is 0 Å². The van der Waals surface area contributed by atoms with Crippen LogP contribution in [0.2, 0.25) is 12.1 Å². The highest BCUT2D eigenvalue weighted by Gasteiger charge is 2.30. The van der Waals surface area contributed by atoms with Gasteiger partial charge in [0.15, 0.2) is 0 Å². The van der Waals surface area contributed by atoms with Crippen LogP contribution in [0, 0.1) is 0 Å². The molecule has 0 N–H and O–H groups in total. The summed E-state index contributed by atoms with van der Waals surface area (Å²) in [6.07, 6.45) is 12.7. The minimum Gasteiger partial charge on any atom is -0.0654 e. The molecule has 2 radical (unpaired) electrons. The monoisotopic (exact) mass is 634 g/mol. The maximum atomic E-state index is 2.58. The van der Waals surface area contributed by atoms with E-state index in [4.69, 9.17) is 0 Å². The Balaban J connectivity index is 1.25. The molecule has 6 rings (SSSR count). The second-order valence-electron chi connectivity index (χ2n) is 14.6. The third kappa shape index (κ3) is 7.21. The Labute approximate surface area is 288 Å². The van der Waals surface area contributed by atoms with Crippen LogP contribution in [0.1, 0.15) is 137 Å². The summed E-state index contributed by atoms with van der Waals surface area (Å²) in [6, 6.07) is 35.4. The summed E-state index contributed by atoms with van der Waals surface area (Å²) < 4.78 is 0. The normalized spacial score (nSPS) is 16.9. The summed E-state index contributed by atoms with van der Waals surface area (Å²) in [5.74, 6) is 2.23. The number of hydrogen-bond donors (Lipinski definition) is 0. The van der Waals surface area contributed by atoms with Crippen LogP contribution in [0.3, 0.4) is 0 Å². The highest BCUT2D eigenvalue weighted by atomic mass is 28.2. The average molecular weight is 635 g/mol. The maximum absolute atomic E-state index is 2.58. The van der Waals surface area contributed by atoms with Gasteiger partial charge in [-0.15, -0.1) is 0 Å². The van der Waals surface area contributed by atoms with Gasteiger partial charge in [0.05, 0.1) is 0 Å². The van der Waals surface area contributed by atoms with Crippen LogP contribution < -0.4 is 0 Å². The lowest BCUT2D eigenvalue weighted by molar-refractivity contribution is 0.730. The molecule has 0 bridgehead atoms. The first-order valence-electron chi connectivity index (χ1n) is 18.5. The summed E-state index contributed by atoms with van der Waals surface area (Å²) in [5, 5.41) is 0. The number of allylic oxidation sites excluding steroid dienone is 2. The first-order chi connectivity index (χ1) is 22.9. The van der Waals surface area contributed by atoms with E-state index in [1.165, 1.54) is 95.1 Å². The molecule has 0 aromatic heterocycles. The van der Waals surface area contributed by atoms with Gasteiger partial charge in [-0.2, -0.15) is 0 Å². The van der Waals surface area contributed by atoms with Gasteiger partial charge in [-0.1, -0.05) is 175 Å². The molecule has 2 unspecified atom stereocenters. The van der Waals surface area contributed by atoms with Crippen molar-refractivity contribution in [1.82, 2.24) is 0 Å². The first-order valence-corrected chi connectivity index (χ1v) is 19.9. The Kier molecular flexibility index (Phi) is 10.8. The van der Waals surface area contributed by atoms with Crippen molar-refractivity contribution >= 4 is 21.7 Å². The van der Waals surface area contributed by atoms with Gasteiger partial charge in [0.1, 0.15) is 0 Å². The summed E-state index contributed by atoms with van der Waals surface area (Å²) >= 11 is 0. The lowest BCUT2D eigenvalue weighted by Gasteiger charge is -2.21. The number of hydrogen-bond acceptors (Lipinski definition) is 0. The van der Waals surface area contributed by atoms with Crippen molar-refractivity contribution in [3.63, 3.8) is 0 Å². The molecule has 2 aliphatic rings. The molecule has 242 valence electrons. The van der Waals surface area contributed by atoms with E-state index in [1.807, 2.05) is 0 Å². The topological polar surface area (TPSA) is 0 Å². The van der Waals surface area contributed by atoms with E-state index in [0.717, 1.165) is 9.52 Å². The van der Waals surface area contributed by atoms with Crippen molar-refractivity contribution in [3.8, 4) is 22.3 Å². The zero-order valence-corrected chi connectivity index (χ0v) is 30.7. The SMILES string of the molecule is CCCCC1=Cc2c(-c3ccc(C(C)C)cc3)cccc2C1C[Si]CC1C(CCCC)=Cc2c(-c3ccc(C(C)C)cc3)cccc21. The van der Waals surface area contributed by atoms with E-state index in [9.17, 15) is 0 Å². The molecule has 2 aliphatic carbocycles. The third-order valence-electron chi connectivity index (χ3n) is 10.7. The van der Waals surface area contributed by atoms with Gasteiger partial charge < -0.3 is 0 Å². The van der Waals surface area contributed by atoms with Crippen molar-refractivity contribution in [2.75, 3.05) is 0 Å². The molecule has 0 spiro atoms. The fourth-order valence-electron chi connectivity index (χ4n) is 7.77. The van der Waals surface area contributed by atoms with E-state index in [-0.39, 0.29) is 0 Å². The number of unbranched alkanes of at least 4 members (excludes halogenated alkanes) is 2. The van der Waals surface area contributed by atoms with Crippen LogP contribution in [0.4, 0.5) is 0 Å². The van der Waals surface area contributed by atoms with Crippen LogP contribution in [0.5, 0.6) is 0 Å². The van der Waals surface area contributed by atoms with E-state index in [2.05, 4.69) is 139 Å². The van der Waals surface area contributed by atoms with Gasteiger partial charge in [0.2, 0.25) is 0 Å². The zero-order valence-electron chi connectivity index (χ0n) is 29.7. The molecule has 4 aromatic rings. The number of fused-ring (bicyclic) bond motifs is 2. The van der Waals surface area contributed by atoms with E-state index >= 15 is 0 Å². The standard InChI is InChI=1S/C46H54Si/c1-7-9-13-37-27-43-39(35-23-19-33(20-24-35)31(3)4)15-11-17-41(43)45(37)29-47-30-46-38(14-10-8-2)28-44-40(16-12-18-42(44)46)36-25-21-34(22-26-36)32(5)6/h11-12,15-28,31-32,45-46H,7-10,13-14,29-30H2,1-6H3. The second kappa shape index (κ2) is 15.2. The van der Waals surface area contributed by atoms with Crippen LogP contribution in [0.25, 0.3) is 34.4 Å². The van der Waals surface area contributed by atoms with E-state index in [1.54, 1.807) is 22.3 Å². The average Bonchev–Trinajstić information content (AvgIpc) is 3.63. The molecule has 47 heavy (non-hydrogen) atoms. The van der Waals surface area contributed by atoms with Crippen molar-refractivity contribution in [1.29, 1.82) is 0 Å².